The summed E-state index contributed by atoms with van der Waals surface area (Å²) in [5, 5.41) is 4.26. The lowest BCUT2D eigenvalue weighted by molar-refractivity contribution is 0.537. The molecule has 0 radical (unpaired) electrons. The zero-order chi connectivity index (χ0) is 17.6. The minimum atomic E-state index is -0.0948. The molecule has 0 aliphatic rings. The van der Waals surface area contributed by atoms with Gasteiger partial charge in [-0.25, -0.2) is 9.50 Å². The van der Waals surface area contributed by atoms with Gasteiger partial charge >= 0.3 is 0 Å². The summed E-state index contributed by atoms with van der Waals surface area (Å²) in [4.78, 5) is 17.2. The number of nitrogens with zero attached hydrogens (tertiary/aromatic N) is 4. The van der Waals surface area contributed by atoms with Gasteiger partial charge in [0.15, 0.2) is 0 Å². The third-order valence-corrected chi connectivity index (χ3v) is 4.20. The number of rotatable bonds is 3. The second-order valence-electron chi connectivity index (χ2n) is 6.24. The van der Waals surface area contributed by atoms with Crippen molar-refractivity contribution >= 4 is 5.52 Å². The normalized spacial score (nSPS) is 11.3. The molecule has 3 heterocycles. The van der Waals surface area contributed by atoms with Gasteiger partial charge in [-0.2, -0.15) is 5.10 Å². The van der Waals surface area contributed by atoms with Crippen molar-refractivity contribution in [1.82, 2.24) is 19.2 Å². The van der Waals surface area contributed by atoms with E-state index in [1.54, 1.807) is 27.5 Å². The van der Waals surface area contributed by atoms with Crippen LogP contribution in [0.25, 0.3) is 17.0 Å². The molecule has 126 valence electrons. The highest BCUT2D eigenvalue weighted by molar-refractivity contribution is 5.55. The van der Waals surface area contributed by atoms with Gasteiger partial charge in [0, 0.05) is 18.0 Å². The van der Waals surface area contributed by atoms with Crippen molar-refractivity contribution in [2.75, 3.05) is 0 Å². The van der Waals surface area contributed by atoms with Crippen LogP contribution >= 0.6 is 0 Å². The van der Waals surface area contributed by atoms with E-state index in [1.807, 2.05) is 45.0 Å². The molecule has 0 spiro atoms. The molecule has 0 aliphatic carbocycles. The summed E-state index contributed by atoms with van der Waals surface area (Å²) >= 11 is 0. The van der Waals surface area contributed by atoms with E-state index >= 15 is 0 Å². The van der Waals surface area contributed by atoms with Crippen LogP contribution in [0.3, 0.4) is 0 Å². The van der Waals surface area contributed by atoms with E-state index in [-0.39, 0.29) is 5.56 Å². The van der Waals surface area contributed by atoms with Gasteiger partial charge in [-0.05, 0) is 39.0 Å². The van der Waals surface area contributed by atoms with Gasteiger partial charge in [0.05, 0.1) is 12.2 Å². The van der Waals surface area contributed by atoms with Crippen molar-refractivity contribution < 1.29 is 4.42 Å². The van der Waals surface area contributed by atoms with Gasteiger partial charge in [0.1, 0.15) is 17.0 Å². The number of hydrogen-bond donors (Lipinski definition) is 0. The molecule has 6 heteroatoms. The summed E-state index contributed by atoms with van der Waals surface area (Å²) in [7, 11) is 0. The van der Waals surface area contributed by atoms with E-state index < -0.39 is 0 Å². The lowest BCUT2D eigenvalue weighted by Gasteiger charge is -2.04. The Kier molecular flexibility index (Phi) is 3.53. The third-order valence-electron chi connectivity index (χ3n) is 4.20. The molecule has 0 saturated heterocycles. The fourth-order valence-electron chi connectivity index (χ4n) is 2.91. The van der Waals surface area contributed by atoms with Crippen molar-refractivity contribution in [2.24, 2.45) is 0 Å². The first kappa shape index (κ1) is 15.4. The number of aryl methyl sites for hydroxylation is 3. The van der Waals surface area contributed by atoms with Gasteiger partial charge in [-0.1, -0.05) is 17.7 Å². The number of benzene rings is 1. The Bertz CT molecular complexity index is 1130. The summed E-state index contributed by atoms with van der Waals surface area (Å²) in [6, 6.07) is 9.79. The first-order valence-electron chi connectivity index (χ1n) is 8.10. The summed E-state index contributed by atoms with van der Waals surface area (Å²) in [5.74, 6) is 1.29. The number of aromatic nitrogens is 4. The van der Waals surface area contributed by atoms with E-state index in [4.69, 9.17) is 4.42 Å². The van der Waals surface area contributed by atoms with Crippen LogP contribution in [0, 0.1) is 20.8 Å². The molecule has 0 unspecified atom stereocenters. The van der Waals surface area contributed by atoms with Crippen LogP contribution in [0.4, 0.5) is 0 Å². The third kappa shape index (κ3) is 2.76. The van der Waals surface area contributed by atoms with E-state index in [9.17, 15) is 4.79 Å². The molecular formula is C19H18N4O2. The average molecular weight is 334 g/mol. The van der Waals surface area contributed by atoms with Crippen molar-refractivity contribution in [3.63, 3.8) is 0 Å². The van der Waals surface area contributed by atoms with Crippen LogP contribution in [0.2, 0.25) is 0 Å². The molecule has 0 bridgehead atoms. The first-order valence-corrected chi connectivity index (χ1v) is 8.10. The first-order chi connectivity index (χ1) is 12.0. The van der Waals surface area contributed by atoms with Gasteiger partial charge in [-0.15, -0.1) is 0 Å². The Balaban J connectivity index is 1.72. The molecule has 0 fully saturated rings. The SMILES string of the molecule is Cc1cccc(-c2nc(Cn3ccn4nc(C)cc4c3=O)c(C)o2)c1. The quantitative estimate of drug-likeness (QED) is 0.577. The van der Waals surface area contributed by atoms with Crippen molar-refractivity contribution in [3.8, 4) is 11.5 Å². The minimum Gasteiger partial charge on any atom is -0.441 e. The van der Waals surface area contributed by atoms with Crippen LogP contribution in [0.1, 0.15) is 22.7 Å². The largest absolute Gasteiger partial charge is 0.441 e. The second kappa shape index (κ2) is 5.73. The Labute approximate surface area is 144 Å². The van der Waals surface area contributed by atoms with E-state index in [2.05, 4.69) is 10.1 Å². The van der Waals surface area contributed by atoms with Crippen molar-refractivity contribution in [1.29, 1.82) is 0 Å². The van der Waals surface area contributed by atoms with Crippen LogP contribution in [-0.4, -0.2) is 19.2 Å². The Hall–Kier alpha value is -3.15. The lowest BCUT2D eigenvalue weighted by Crippen LogP contribution is -2.22. The van der Waals surface area contributed by atoms with E-state index in [1.165, 1.54) is 0 Å². The maximum Gasteiger partial charge on any atom is 0.276 e. The molecule has 4 aromatic rings. The van der Waals surface area contributed by atoms with Gasteiger partial charge in [0.25, 0.3) is 5.56 Å². The molecule has 25 heavy (non-hydrogen) atoms. The molecule has 4 rings (SSSR count). The van der Waals surface area contributed by atoms with Crippen LogP contribution in [0.15, 0.2) is 51.9 Å². The fourth-order valence-corrected chi connectivity index (χ4v) is 2.91. The fraction of sp³-hybridized carbons (Fsp3) is 0.211. The van der Waals surface area contributed by atoms with Gasteiger partial charge < -0.3 is 8.98 Å². The molecule has 0 N–H and O–H groups in total. The maximum atomic E-state index is 12.6. The highest BCUT2D eigenvalue weighted by Gasteiger charge is 2.14. The Morgan fingerprint density at radius 1 is 1.12 bits per heavy atom. The van der Waals surface area contributed by atoms with Crippen molar-refractivity contribution in [2.45, 2.75) is 27.3 Å². The van der Waals surface area contributed by atoms with Crippen LogP contribution in [-0.2, 0) is 6.54 Å². The van der Waals surface area contributed by atoms with Crippen molar-refractivity contribution in [3.05, 3.63) is 75.8 Å². The molecule has 0 amide bonds. The number of oxazole rings is 1. The topological polar surface area (TPSA) is 65.3 Å². The molecule has 3 aromatic heterocycles. The van der Waals surface area contributed by atoms with Crippen LogP contribution < -0.4 is 5.56 Å². The van der Waals surface area contributed by atoms with Gasteiger partial charge in [0.2, 0.25) is 5.89 Å². The molecule has 0 aliphatic heterocycles. The standard InChI is InChI=1S/C19H18N4O2/c1-12-5-4-6-15(9-12)18-20-16(14(3)25-18)11-22-7-8-23-17(19(22)24)10-13(2)21-23/h4-10H,11H2,1-3H3. The zero-order valence-corrected chi connectivity index (χ0v) is 14.4. The number of fused-ring (bicyclic) bond motifs is 1. The number of hydrogen-bond acceptors (Lipinski definition) is 4. The highest BCUT2D eigenvalue weighted by Crippen LogP contribution is 2.22. The monoisotopic (exact) mass is 334 g/mol. The summed E-state index contributed by atoms with van der Waals surface area (Å²) in [6.07, 6.45) is 3.50. The lowest BCUT2D eigenvalue weighted by atomic mass is 10.1. The predicted octanol–water partition coefficient (Wildman–Crippen LogP) is 3.12. The summed E-state index contributed by atoms with van der Waals surface area (Å²) in [5.41, 5.74) is 4.10. The Morgan fingerprint density at radius 2 is 1.96 bits per heavy atom. The minimum absolute atomic E-state index is 0.0948. The molecule has 0 atom stereocenters. The maximum absolute atomic E-state index is 12.6. The van der Waals surface area contributed by atoms with E-state index in [0.29, 0.717) is 23.7 Å². The highest BCUT2D eigenvalue weighted by atomic mass is 16.4. The molecule has 0 saturated carbocycles. The zero-order valence-electron chi connectivity index (χ0n) is 14.4. The summed E-state index contributed by atoms with van der Waals surface area (Å²) in [6.45, 7) is 6.13. The smallest absolute Gasteiger partial charge is 0.276 e. The predicted molar refractivity (Wildman–Crippen MR) is 94.7 cm³/mol. The molecule has 6 nitrogen and oxygen atoms in total. The Morgan fingerprint density at radius 3 is 2.76 bits per heavy atom. The summed E-state index contributed by atoms with van der Waals surface area (Å²) < 4.78 is 9.04. The molecular weight excluding hydrogens is 316 g/mol. The molecule has 1 aromatic carbocycles. The van der Waals surface area contributed by atoms with E-state index in [0.717, 1.165) is 22.5 Å². The van der Waals surface area contributed by atoms with Gasteiger partial charge in [-0.3, -0.25) is 4.79 Å². The second-order valence-corrected chi connectivity index (χ2v) is 6.24. The van der Waals surface area contributed by atoms with Crippen LogP contribution in [0.5, 0.6) is 0 Å². The average Bonchev–Trinajstić information content (AvgIpc) is 3.13.